The monoisotopic (exact) mass is 687 g/mol. The van der Waals surface area contributed by atoms with Crippen LogP contribution in [0.2, 0.25) is 0 Å². The van der Waals surface area contributed by atoms with Gasteiger partial charge in [-0.2, -0.15) is 0 Å². The third-order valence-corrected chi connectivity index (χ3v) is 7.26. The molecule has 0 spiro atoms. The van der Waals surface area contributed by atoms with Crippen molar-refractivity contribution >= 4 is 41.4 Å². The van der Waals surface area contributed by atoms with Gasteiger partial charge in [-0.25, -0.2) is 4.79 Å². The van der Waals surface area contributed by atoms with Crippen LogP contribution in [0.3, 0.4) is 0 Å². The van der Waals surface area contributed by atoms with E-state index < -0.39 is 79.2 Å². The Morgan fingerprint density at radius 1 is 0.480 bits per heavy atom. The number of carboxylic acid groups (broad SMARTS) is 1. The van der Waals surface area contributed by atoms with Crippen molar-refractivity contribution in [1.29, 1.82) is 0 Å². The van der Waals surface area contributed by atoms with Crippen molar-refractivity contribution in [2.75, 3.05) is 26.2 Å². The van der Waals surface area contributed by atoms with Crippen molar-refractivity contribution in [3.05, 3.63) is 108 Å². The molecule has 9 N–H and O–H groups in total. The molecule has 0 heterocycles. The summed E-state index contributed by atoms with van der Waals surface area (Å²) >= 11 is 0. The van der Waals surface area contributed by atoms with Gasteiger partial charge in [-0.05, 0) is 16.7 Å². The normalized spacial score (nSPS) is 12.3. The maximum atomic E-state index is 13.1. The van der Waals surface area contributed by atoms with Gasteiger partial charge in [-0.15, -0.1) is 0 Å². The molecule has 0 aromatic heterocycles. The van der Waals surface area contributed by atoms with Gasteiger partial charge in [0.1, 0.15) is 18.1 Å². The minimum absolute atomic E-state index is 0.0449. The number of nitrogens with one attached hydrogen (secondary N) is 6. The summed E-state index contributed by atoms with van der Waals surface area (Å²) in [7, 11) is 0. The maximum absolute atomic E-state index is 13.1. The molecule has 0 radical (unpaired) electrons. The Morgan fingerprint density at radius 3 is 1.22 bits per heavy atom. The van der Waals surface area contributed by atoms with Crippen LogP contribution in [0.1, 0.15) is 16.7 Å². The zero-order valence-electron chi connectivity index (χ0n) is 27.2. The quantitative estimate of drug-likeness (QED) is 0.0736. The molecule has 6 amide bonds. The molecule has 3 atom stereocenters. The van der Waals surface area contributed by atoms with E-state index in [1.54, 1.807) is 91.0 Å². The molecule has 264 valence electrons. The van der Waals surface area contributed by atoms with E-state index in [2.05, 4.69) is 31.9 Å². The Morgan fingerprint density at radius 2 is 0.820 bits per heavy atom. The second-order valence-electron chi connectivity index (χ2n) is 11.2. The van der Waals surface area contributed by atoms with Gasteiger partial charge >= 0.3 is 5.97 Å². The van der Waals surface area contributed by atoms with Crippen molar-refractivity contribution in [1.82, 2.24) is 31.9 Å². The number of hydrogen-bond donors (Lipinski definition) is 8. The van der Waals surface area contributed by atoms with Crippen LogP contribution in [0.25, 0.3) is 0 Å². The zero-order chi connectivity index (χ0) is 36.3. The van der Waals surface area contributed by atoms with E-state index in [0.717, 1.165) is 5.56 Å². The van der Waals surface area contributed by atoms with Gasteiger partial charge in [0.25, 0.3) is 0 Å². The van der Waals surface area contributed by atoms with Gasteiger partial charge in [0.05, 0.1) is 26.2 Å². The average molecular weight is 688 g/mol. The van der Waals surface area contributed by atoms with Gasteiger partial charge in [0.15, 0.2) is 0 Å². The van der Waals surface area contributed by atoms with Gasteiger partial charge in [-0.3, -0.25) is 28.8 Å². The highest BCUT2D eigenvalue weighted by Crippen LogP contribution is 2.06. The summed E-state index contributed by atoms with van der Waals surface area (Å²) in [5.74, 6) is -5.31. The molecule has 0 aliphatic carbocycles. The molecule has 0 saturated heterocycles. The van der Waals surface area contributed by atoms with E-state index in [-0.39, 0.29) is 25.8 Å². The molecular formula is C35H41N7O8. The van der Waals surface area contributed by atoms with Crippen LogP contribution in [-0.2, 0) is 52.8 Å². The molecule has 15 heteroatoms. The highest BCUT2D eigenvalue weighted by atomic mass is 16.4. The van der Waals surface area contributed by atoms with Crippen molar-refractivity contribution in [2.24, 2.45) is 5.73 Å². The number of amides is 6. The lowest BCUT2D eigenvalue weighted by atomic mass is 10.0. The molecule has 0 aliphatic heterocycles. The van der Waals surface area contributed by atoms with Gasteiger partial charge in [0, 0.05) is 19.3 Å². The van der Waals surface area contributed by atoms with Gasteiger partial charge in [0.2, 0.25) is 35.4 Å². The molecule has 3 aromatic carbocycles. The fourth-order valence-corrected chi connectivity index (χ4v) is 4.73. The first-order valence-corrected chi connectivity index (χ1v) is 15.8. The summed E-state index contributed by atoms with van der Waals surface area (Å²) in [5.41, 5.74) is 7.57. The van der Waals surface area contributed by atoms with Crippen LogP contribution in [0, 0.1) is 0 Å². The number of carbonyl (C=O) groups is 7. The lowest BCUT2D eigenvalue weighted by Crippen LogP contribution is -2.54. The highest BCUT2D eigenvalue weighted by molar-refractivity contribution is 5.94. The predicted molar refractivity (Wildman–Crippen MR) is 182 cm³/mol. The molecule has 15 nitrogen and oxygen atoms in total. The molecule has 0 saturated carbocycles. The standard InChI is InChI=1S/C35H41N7O8/c36-19-29(43)40-26(16-23-10-4-1-5-11-23)33(47)39-22-32(46)41-27(17-24-12-6-2-7-13-24)34(48)38-20-30(44)37-21-31(45)42-28(35(49)50)18-25-14-8-3-9-15-25/h1-15,26-28H,16-22,36H2,(H,37,44)(H,38,48)(H,39,47)(H,40,43)(H,41,46)(H,42,45)(H,49,50)/t26-,27-,28-/m0/s1. The van der Waals surface area contributed by atoms with E-state index in [1.165, 1.54) is 0 Å². The maximum Gasteiger partial charge on any atom is 0.326 e. The molecule has 3 rings (SSSR count). The van der Waals surface area contributed by atoms with E-state index >= 15 is 0 Å². The first-order chi connectivity index (χ1) is 24.0. The molecule has 0 bridgehead atoms. The molecular weight excluding hydrogens is 646 g/mol. The molecule has 3 aromatic rings. The second-order valence-corrected chi connectivity index (χ2v) is 11.2. The number of hydrogen-bond acceptors (Lipinski definition) is 8. The van der Waals surface area contributed by atoms with E-state index in [4.69, 9.17) is 5.73 Å². The van der Waals surface area contributed by atoms with Crippen molar-refractivity contribution in [3.8, 4) is 0 Å². The van der Waals surface area contributed by atoms with Crippen LogP contribution < -0.4 is 37.6 Å². The summed E-state index contributed by atoms with van der Waals surface area (Å²) < 4.78 is 0. The minimum atomic E-state index is -1.24. The third-order valence-electron chi connectivity index (χ3n) is 7.26. The van der Waals surface area contributed by atoms with E-state index in [0.29, 0.717) is 11.1 Å². The minimum Gasteiger partial charge on any atom is -0.480 e. The summed E-state index contributed by atoms with van der Waals surface area (Å²) in [6, 6.07) is 23.1. The smallest absolute Gasteiger partial charge is 0.326 e. The van der Waals surface area contributed by atoms with E-state index in [9.17, 15) is 38.7 Å². The lowest BCUT2D eigenvalue weighted by molar-refractivity contribution is -0.141. The van der Waals surface area contributed by atoms with Crippen molar-refractivity contribution in [3.63, 3.8) is 0 Å². The fraction of sp³-hybridized carbons (Fsp3) is 0.286. The number of benzene rings is 3. The largest absolute Gasteiger partial charge is 0.480 e. The average Bonchev–Trinajstić information content (AvgIpc) is 3.12. The molecule has 50 heavy (non-hydrogen) atoms. The van der Waals surface area contributed by atoms with Crippen molar-refractivity contribution in [2.45, 2.75) is 37.4 Å². The second kappa shape index (κ2) is 20.3. The van der Waals surface area contributed by atoms with E-state index in [1.807, 2.05) is 0 Å². The fourth-order valence-electron chi connectivity index (χ4n) is 4.73. The number of aliphatic carboxylic acids is 1. The SMILES string of the molecule is NCC(=O)N[C@@H](Cc1ccccc1)C(=O)NCC(=O)N[C@@H](Cc1ccccc1)C(=O)NCC(=O)NCC(=O)N[C@@H](Cc1ccccc1)C(=O)O. The van der Waals surface area contributed by atoms with Crippen LogP contribution in [-0.4, -0.2) is 90.8 Å². The van der Waals surface area contributed by atoms with Crippen LogP contribution in [0.5, 0.6) is 0 Å². The number of carboxylic acids is 1. The van der Waals surface area contributed by atoms with Crippen LogP contribution in [0.4, 0.5) is 0 Å². The number of carbonyl (C=O) groups excluding carboxylic acids is 6. The lowest BCUT2D eigenvalue weighted by Gasteiger charge is -2.20. The Balaban J connectivity index is 1.53. The predicted octanol–water partition coefficient (Wildman–Crippen LogP) is -1.44. The Kier molecular flexibility index (Phi) is 15.6. The number of rotatable bonds is 19. The summed E-state index contributed by atoms with van der Waals surface area (Å²) in [4.78, 5) is 87.3. The molecule has 0 unspecified atom stereocenters. The zero-order valence-corrected chi connectivity index (χ0v) is 27.2. The molecule has 0 fully saturated rings. The van der Waals surface area contributed by atoms with Crippen LogP contribution >= 0.6 is 0 Å². The first kappa shape index (κ1) is 38.4. The first-order valence-electron chi connectivity index (χ1n) is 15.8. The van der Waals surface area contributed by atoms with Gasteiger partial charge < -0.3 is 42.7 Å². The summed E-state index contributed by atoms with van der Waals surface area (Å²) in [5, 5.41) is 24.2. The Hall–Kier alpha value is -6.09. The Labute approximate surface area is 288 Å². The number of nitrogens with two attached hydrogens (primary N) is 1. The van der Waals surface area contributed by atoms with Crippen molar-refractivity contribution < 1.29 is 38.7 Å². The molecule has 0 aliphatic rings. The Bertz CT molecular complexity index is 1610. The third kappa shape index (κ3) is 13.9. The topological polar surface area (TPSA) is 238 Å². The summed E-state index contributed by atoms with van der Waals surface area (Å²) in [6.07, 6.45) is 0.247. The van der Waals surface area contributed by atoms with Gasteiger partial charge in [-0.1, -0.05) is 91.0 Å². The summed E-state index contributed by atoms with van der Waals surface area (Å²) in [6.45, 7) is -1.93. The highest BCUT2D eigenvalue weighted by Gasteiger charge is 2.25. The van der Waals surface area contributed by atoms with Crippen LogP contribution in [0.15, 0.2) is 91.0 Å².